The Labute approximate surface area is 140 Å². The van der Waals surface area contributed by atoms with E-state index in [1.807, 2.05) is 0 Å². The first-order valence-corrected chi connectivity index (χ1v) is 9.26. The lowest BCUT2D eigenvalue weighted by Crippen LogP contribution is -2.50. The fraction of sp³-hybridized carbons (Fsp3) is 1.00. The van der Waals surface area contributed by atoms with Crippen LogP contribution in [0.2, 0.25) is 0 Å². The molecule has 0 aromatic carbocycles. The molecule has 0 amide bonds. The normalized spacial score (nSPS) is 39.0. The van der Waals surface area contributed by atoms with Gasteiger partial charge in [-0.1, -0.05) is 20.8 Å². The Hall–Kier alpha value is -0.200. The van der Waals surface area contributed by atoms with Crippen molar-refractivity contribution in [2.45, 2.75) is 52.4 Å². The van der Waals surface area contributed by atoms with E-state index in [1.54, 1.807) is 0 Å². The molecule has 0 spiro atoms. The van der Waals surface area contributed by atoms with Crippen LogP contribution in [0.5, 0.6) is 0 Å². The summed E-state index contributed by atoms with van der Waals surface area (Å²) in [6.45, 7) is 12.5. The molecule has 2 aliphatic carbocycles. The number of hydrogen-bond donors (Lipinski definition) is 2. The van der Waals surface area contributed by atoms with Gasteiger partial charge in [0.05, 0.1) is 12.7 Å². The maximum Gasteiger partial charge on any atom is 0.167 e. The summed E-state index contributed by atoms with van der Waals surface area (Å²) in [6.07, 6.45) is 3.15. The van der Waals surface area contributed by atoms with Crippen LogP contribution in [0.4, 0.5) is 0 Å². The molecular formula is C18H34N2O3. The van der Waals surface area contributed by atoms with E-state index in [-0.39, 0.29) is 18.1 Å². The van der Waals surface area contributed by atoms with Crippen molar-refractivity contribution in [2.24, 2.45) is 16.7 Å². The maximum atomic E-state index is 10.4. The number of piperazine rings is 1. The van der Waals surface area contributed by atoms with Gasteiger partial charge in [-0.25, -0.2) is 0 Å². The Morgan fingerprint density at radius 2 is 1.78 bits per heavy atom. The monoisotopic (exact) mass is 326 g/mol. The van der Waals surface area contributed by atoms with Gasteiger partial charge in [0.2, 0.25) is 0 Å². The SMILES string of the molecule is CC1(C)[C@H]2CC[C@@]1(C)[C@@H](O[C@H](O)CN1CCN(CCO)CC1)C2. The summed E-state index contributed by atoms with van der Waals surface area (Å²) in [5, 5.41) is 19.4. The predicted molar refractivity (Wildman–Crippen MR) is 90.1 cm³/mol. The Bertz CT molecular complexity index is 409. The van der Waals surface area contributed by atoms with Crippen LogP contribution in [0.15, 0.2) is 0 Å². The molecule has 5 heteroatoms. The summed E-state index contributed by atoms with van der Waals surface area (Å²) in [4.78, 5) is 4.54. The predicted octanol–water partition coefficient (Wildman–Crippen LogP) is 1.15. The average Bonchev–Trinajstić information content (AvgIpc) is 2.83. The lowest BCUT2D eigenvalue weighted by atomic mass is 9.70. The van der Waals surface area contributed by atoms with E-state index in [4.69, 9.17) is 9.84 Å². The standard InChI is InChI=1S/C18H34N2O3/c1-17(2)14-4-5-18(17,3)15(12-14)23-16(22)13-20-8-6-19(7-9-20)10-11-21/h14-16,21-22H,4-13H2,1-3H3/t14-,15-,16-,18-/m0/s1. The van der Waals surface area contributed by atoms with Gasteiger partial charge in [-0.3, -0.25) is 9.80 Å². The highest BCUT2D eigenvalue weighted by atomic mass is 16.6. The van der Waals surface area contributed by atoms with Gasteiger partial charge >= 0.3 is 0 Å². The van der Waals surface area contributed by atoms with Crippen LogP contribution in [0, 0.1) is 16.7 Å². The molecule has 2 bridgehead atoms. The fourth-order valence-electron chi connectivity index (χ4n) is 5.13. The molecule has 1 heterocycles. The lowest BCUT2D eigenvalue weighted by molar-refractivity contribution is -0.181. The number of fused-ring (bicyclic) bond motifs is 2. The molecular weight excluding hydrogens is 292 g/mol. The zero-order chi connectivity index (χ0) is 16.7. The molecule has 3 aliphatic rings. The van der Waals surface area contributed by atoms with Crippen molar-refractivity contribution in [3.63, 3.8) is 0 Å². The quantitative estimate of drug-likeness (QED) is 0.717. The summed E-state index contributed by atoms with van der Waals surface area (Å²) in [7, 11) is 0. The van der Waals surface area contributed by atoms with Crippen LogP contribution >= 0.6 is 0 Å². The summed E-state index contributed by atoms with van der Waals surface area (Å²) < 4.78 is 6.12. The van der Waals surface area contributed by atoms with E-state index >= 15 is 0 Å². The van der Waals surface area contributed by atoms with E-state index in [0.29, 0.717) is 12.0 Å². The number of β-amino-alcohol motifs (C(OH)–C–C–N with tert-alkyl or cyclic N) is 2. The highest BCUT2D eigenvalue weighted by Gasteiger charge is 2.62. The van der Waals surface area contributed by atoms with Crippen LogP contribution in [0.25, 0.3) is 0 Å². The Kier molecular flexibility index (Phi) is 5.06. The smallest absolute Gasteiger partial charge is 0.167 e. The van der Waals surface area contributed by atoms with Gasteiger partial charge in [0.25, 0.3) is 0 Å². The van der Waals surface area contributed by atoms with Crippen molar-refractivity contribution in [3.05, 3.63) is 0 Å². The molecule has 0 aromatic heterocycles. The van der Waals surface area contributed by atoms with E-state index in [2.05, 4.69) is 30.6 Å². The van der Waals surface area contributed by atoms with E-state index in [0.717, 1.165) is 45.1 Å². The number of aliphatic hydroxyl groups is 2. The average molecular weight is 326 g/mol. The van der Waals surface area contributed by atoms with Crippen LogP contribution in [-0.2, 0) is 4.74 Å². The van der Waals surface area contributed by atoms with Crippen molar-refractivity contribution in [1.82, 2.24) is 9.80 Å². The topological polar surface area (TPSA) is 56.2 Å². The van der Waals surface area contributed by atoms with Crippen molar-refractivity contribution < 1.29 is 14.9 Å². The summed E-state index contributed by atoms with van der Waals surface area (Å²) in [5.74, 6) is 0.742. The molecule has 2 saturated carbocycles. The number of rotatable bonds is 6. The summed E-state index contributed by atoms with van der Waals surface area (Å²) in [5.41, 5.74) is 0.534. The second-order valence-corrected chi connectivity index (χ2v) is 8.56. The number of ether oxygens (including phenoxy) is 1. The molecule has 2 N–H and O–H groups in total. The molecule has 1 aliphatic heterocycles. The molecule has 3 rings (SSSR count). The minimum Gasteiger partial charge on any atom is -0.395 e. The zero-order valence-corrected chi connectivity index (χ0v) is 15.0. The van der Waals surface area contributed by atoms with Crippen LogP contribution in [0.1, 0.15) is 40.0 Å². The van der Waals surface area contributed by atoms with Crippen LogP contribution < -0.4 is 0 Å². The molecule has 3 fully saturated rings. The molecule has 0 radical (unpaired) electrons. The van der Waals surface area contributed by atoms with Crippen molar-refractivity contribution in [3.8, 4) is 0 Å². The van der Waals surface area contributed by atoms with Crippen molar-refractivity contribution in [2.75, 3.05) is 45.9 Å². The first-order chi connectivity index (χ1) is 10.9. The van der Waals surface area contributed by atoms with Crippen LogP contribution in [0.3, 0.4) is 0 Å². The van der Waals surface area contributed by atoms with Gasteiger partial charge < -0.3 is 14.9 Å². The van der Waals surface area contributed by atoms with Gasteiger partial charge in [0.1, 0.15) is 0 Å². The second kappa shape index (κ2) is 6.60. The third-order valence-corrected chi connectivity index (χ3v) is 7.33. The Morgan fingerprint density at radius 1 is 1.13 bits per heavy atom. The molecule has 23 heavy (non-hydrogen) atoms. The minimum atomic E-state index is -0.684. The first kappa shape index (κ1) is 17.6. The second-order valence-electron chi connectivity index (χ2n) is 8.56. The minimum absolute atomic E-state index is 0.196. The Morgan fingerprint density at radius 3 is 2.30 bits per heavy atom. The molecule has 134 valence electrons. The third-order valence-electron chi connectivity index (χ3n) is 7.33. The lowest BCUT2D eigenvalue weighted by Gasteiger charge is -2.40. The Balaban J connectivity index is 1.47. The largest absolute Gasteiger partial charge is 0.395 e. The van der Waals surface area contributed by atoms with E-state index in [9.17, 15) is 5.11 Å². The van der Waals surface area contributed by atoms with Crippen molar-refractivity contribution in [1.29, 1.82) is 0 Å². The maximum absolute atomic E-state index is 10.4. The van der Waals surface area contributed by atoms with Gasteiger partial charge in [-0.15, -0.1) is 0 Å². The molecule has 1 saturated heterocycles. The number of aliphatic hydroxyl groups excluding tert-OH is 2. The van der Waals surface area contributed by atoms with Gasteiger partial charge in [-0.2, -0.15) is 0 Å². The molecule has 0 aromatic rings. The summed E-state index contributed by atoms with van der Waals surface area (Å²) in [6, 6.07) is 0. The van der Waals surface area contributed by atoms with Crippen LogP contribution in [-0.4, -0.2) is 78.3 Å². The highest BCUT2D eigenvalue weighted by Crippen LogP contribution is 2.66. The molecule has 4 atom stereocenters. The molecule has 5 nitrogen and oxygen atoms in total. The number of hydrogen-bond acceptors (Lipinski definition) is 5. The fourth-order valence-corrected chi connectivity index (χ4v) is 5.13. The highest BCUT2D eigenvalue weighted by molar-refractivity contribution is 5.11. The van der Waals surface area contributed by atoms with Gasteiger partial charge in [0.15, 0.2) is 6.29 Å². The number of nitrogens with zero attached hydrogens (tertiary/aromatic N) is 2. The zero-order valence-electron chi connectivity index (χ0n) is 15.0. The van der Waals surface area contributed by atoms with Crippen molar-refractivity contribution >= 4 is 0 Å². The molecule has 0 unspecified atom stereocenters. The van der Waals surface area contributed by atoms with E-state index in [1.165, 1.54) is 12.8 Å². The van der Waals surface area contributed by atoms with E-state index < -0.39 is 6.29 Å². The van der Waals surface area contributed by atoms with Gasteiger partial charge in [-0.05, 0) is 36.0 Å². The summed E-state index contributed by atoms with van der Waals surface area (Å²) >= 11 is 0. The first-order valence-electron chi connectivity index (χ1n) is 9.26. The van der Waals surface area contributed by atoms with Gasteiger partial charge in [0, 0.05) is 39.3 Å². The third kappa shape index (κ3) is 3.19.